The molecule has 1 fully saturated rings. The van der Waals surface area contributed by atoms with Crippen LogP contribution in [-0.4, -0.2) is 47.6 Å². The van der Waals surface area contributed by atoms with Gasteiger partial charge in [0.2, 0.25) is 0 Å². The van der Waals surface area contributed by atoms with Gasteiger partial charge in [0.25, 0.3) is 5.91 Å². The molecule has 5 nitrogen and oxygen atoms in total. The van der Waals surface area contributed by atoms with E-state index < -0.39 is 12.1 Å². The van der Waals surface area contributed by atoms with Gasteiger partial charge in [-0.15, -0.1) is 0 Å². The summed E-state index contributed by atoms with van der Waals surface area (Å²) in [5.41, 5.74) is 6.59. The summed E-state index contributed by atoms with van der Waals surface area (Å²) in [6, 6.07) is 10.9. The predicted octanol–water partition coefficient (Wildman–Crippen LogP) is 4.04. The largest absolute Gasteiger partial charge is 0.366 e. The number of carbonyl (C=O) groups is 1. The van der Waals surface area contributed by atoms with Crippen molar-refractivity contribution in [3.63, 3.8) is 0 Å². The van der Waals surface area contributed by atoms with Crippen LogP contribution in [0.3, 0.4) is 0 Å². The summed E-state index contributed by atoms with van der Waals surface area (Å²) in [5.74, 6) is -0.0917. The number of aromatic nitrogens is 1. The van der Waals surface area contributed by atoms with Crippen LogP contribution >= 0.6 is 11.6 Å². The fourth-order valence-corrected chi connectivity index (χ4v) is 3.76. The second-order valence-electron chi connectivity index (χ2n) is 7.48. The standard InChI is InChI=1S/C21H26ClFN4O/c1-14(2)26-10-9-15(18(23)13-26)12-27(20-8-7-16(22)11-25-20)19-6-4-3-5-17(19)21(24)28/h3-8,11,14-15,18H,9-10,12-13H2,1-2H3,(H2,24,28). The third-order valence-corrected chi connectivity index (χ3v) is 5.53. The van der Waals surface area contributed by atoms with E-state index in [9.17, 15) is 9.18 Å². The van der Waals surface area contributed by atoms with Crippen LogP contribution in [0.5, 0.6) is 0 Å². The first kappa shape index (κ1) is 20.6. The monoisotopic (exact) mass is 404 g/mol. The van der Waals surface area contributed by atoms with Crippen LogP contribution in [0.1, 0.15) is 30.6 Å². The number of carbonyl (C=O) groups excluding carboxylic acids is 1. The fraction of sp³-hybridized carbons (Fsp3) is 0.429. The number of benzene rings is 1. The van der Waals surface area contributed by atoms with Gasteiger partial charge in [0.05, 0.1) is 16.3 Å². The Labute approximate surface area is 170 Å². The highest BCUT2D eigenvalue weighted by Gasteiger charge is 2.32. The number of alkyl halides is 1. The summed E-state index contributed by atoms with van der Waals surface area (Å²) in [6.07, 6.45) is 1.33. The summed E-state index contributed by atoms with van der Waals surface area (Å²) in [5, 5.41) is 0.514. The first-order chi connectivity index (χ1) is 13.4. The van der Waals surface area contributed by atoms with E-state index in [2.05, 4.69) is 23.7 Å². The summed E-state index contributed by atoms with van der Waals surface area (Å²) >= 11 is 5.98. The number of anilines is 2. The van der Waals surface area contributed by atoms with Crippen LogP contribution in [-0.2, 0) is 0 Å². The first-order valence-corrected chi connectivity index (χ1v) is 9.90. The van der Waals surface area contributed by atoms with E-state index >= 15 is 0 Å². The maximum Gasteiger partial charge on any atom is 0.250 e. The molecule has 2 atom stereocenters. The molecule has 2 aromatic rings. The molecule has 2 N–H and O–H groups in total. The van der Waals surface area contributed by atoms with E-state index in [0.717, 1.165) is 13.0 Å². The van der Waals surface area contributed by atoms with Crippen LogP contribution in [0.2, 0.25) is 5.02 Å². The van der Waals surface area contributed by atoms with E-state index in [1.54, 1.807) is 30.5 Å². The van der Waals surface area contributed by atoms with Crippen molar-refractivity contribution in [3.8, 4) is 0 Å². The van der Waals surface area contributed by atoms with Crippen LogP contribution in [0.25, 0.3) is 0 Å². The lowest BCUT2D eigenvalue weighted by molar-refractivity contribution is 0.0688. The average Bonchev–Trinajstić information content (AvgIpc) is 2.68. The van der Waals surface area contributed by atoms with Crippen molar-refractivity contribution in [1.29, 1.82) is 0 Å². The highest BCUT2D eigenvalue weighted by molar-refractivity contribution is 6.30. The van der Waals surface area contributed by atoms with Gasteiger partial charge in [-0.1, -0.05) is 23.7 Å². The maximum absolute atomic E-state index is 15.0. The predicted molar refractivity (Wildman–Crippen MR) is 111 cm³/mol. The minimum atomic E-state index is -0.952. The van der Waals surface area contributed by atoms with Crippen LogP contribution in [0.15, 0.2) is 42.6 Å². The number of piperidine rings is 1. The molecule has 1 aromatic heterocycles. The Balaban J connectivity index is 1.92. The number of pyridine rings is 1. The first-order valence-electron chi connectivity index (χ1n) is 9.53. The van der Waals surface area contributed by atoms with Gasteiger partial charge in [0.1, 0.15) is 12.0 Å². The number of hydrogen-bond acceptors (Lipinski definition) is 4. The van der Waals surface area contributed by atoms with Gasteiger partial charge in [-0.25, -0.2) is 9.37 Å². The number of hydrogen-bond donors (Lipinski definition) is 1. The SMILES string of the molecule is CC(C)N1CCC(CN(c2ccc(Cl)cn2)c2ccccc2C(N)=O)C(F)C1. The molecule has 0 spiro atoms. The molecule has 1 aliphatic rings. The molecule has 2 heterocycles. The Morgan fingerprint density at radius 1 is 1.36 bits per heavy atom. The van der Waals surface area contributed by atoms with Crippen LogP contribution in [0.4, 0.5) is 15.9 Å². The zero-order chi connectivity index (χ0) is 20.3. The Kier molecular flexibility index (Phi) is 6.52. The zero-order valence-electron chi connectivity index (χ0n) is 16.2. The molecule has 1 saturated heterocycles. The lowest BCUT2D eigenvalue weighted by atomic mass is 9.93. The molecule has 1 amide bonds. The van der Waals surface area contributed by atoms with E-state index in [4.69, 9.17) is 17.3 Å². The molecule has 0 bridgehead atoms. The number of likely N-dealkylation sites (tertiary alicyclic amines) is 1. The molecule has 7 heteroatoms. The molecule has 1 aromatic carbocycles. The lowest BCUT2D eigenvalue weighted by Crippen LogP contribution is -2.47. The number of nitrogens with two attached hydrogens (primary N) is 1. The Bertz CT molecular complexity index is 814. The Morgan fingerprint density at radius 2 is 2.11 bits per heavy atom. The van der Waals surface area contributed by atoms with E-state index in [0.29, 0.717) is 41.2 Å². The minimum Gasteiger partial charge on any atom is -0.366 e. The molecule has 0 radical (unpaired) electrons. The molecular weight excluding hydrogens is 379 g/mol. The summed E-state index contributed by atoms with van der Waals surface area (Å²) in [7, 11) is 0. The molecule has 150 valence electrons. The summed E-state index contributed by atoms with van der Waals surface area (Å²) in [4.78, 5) is 20.4. The van der Waals surface area contributed by atoms with Gasteiger partial charge in [-0.2, -0.15) is 0 Å². The lowest BCUT2D eigenvalue weighted by Gasteiger charge is -2.39. The van der Waals surface area contributed by atoms with Crippen molar-refractivity contribution < 1.29 is 9.18 Å². The van der Waals surface area contributed by atoms with Crippen molar-refractivity contribution in [2.24, 2.45) is 11.7 Å². The van der Waals surface area contributed by atoms with Crippen molar-refractivity contribution >= 4 is 29.0 Å². The number of amides is 1. The second kappa shape index (κ2) is 8.88. The molecular formula is C21H26ClFN4O. The van der Waals surface area contributed by atoms with Crippen molar-refractivity contribution in [2.45, 2.75) is 32.5 Å². The third kappa shape index (κ3) is 4.62. The fourth-order valence-electron chi connectivity index (χ4n) is 3.65. The van der Waals surface area contributed by atoms with Gasteiger partial charge < -0.3 is 10.6 Å². The van der Waals surface area contributed by atoms with Crippen LogP contribution < -0.4 is 10.6 Å². The Hall–Kier alpha value is -2.18. The van der Waals surface area contributed by atoms with Crippen molar-refractivity contribution in [2.75, 3.05) is 24.5 Å². The molecule has 0 aliphatic carbocycles. The van der Waals surface area contributed by atoms with Crippen molar-refractivity contribution in [3.05, 3.63) is 53.2 Å². The Morgan fingerprint density at radius 3 is 2.71 bits per heavy atom. The molecule has 0 saturated carbocycles. The summed E-state index contributed by atoms with van der Waals surface area (Å²) in [6.45, 7) is 5.84. The van der Waals surface area contributed by atoms with Gasteiger partial charge >= 0.3 is 0 Å². The molecule has 3 rings (SSSR count). The van der Waals surface area contributed by atoms with Gasteiger partial charge in [0, 0.05) is 31.2 Å². The topological polar surface area (TPSA) is 62.5 Å². The number of para-hydroxylation sites is 1. The molecule has 28 heavy (non-hydrogen) atoms. The maximum atomic E-state index is 15.0. The molecule has 1 aliphatic heterocycles. The highest BCUT2D eigenvalue weighted by Crippen LogP contribution is 2.32. The quantitative estimate of drug-likeness (QED) is 0.789. The average molecular weight is 405 g/mol. The second-order valence-corrected chi connectivity index (χ2v) is 7.92. The number of primary amides is 1. The van der Waals surface area contributed by atoms with Crippen LogP contribution in [0, 0.1) is 5.92 Å². The van der Waals surface area contributed by atoms with E-state index in [1.165, 1.54) is 0 Å². The normalized spacial score (nSPS) is 20.3. The van der Waals surface area contributed by atoms with E-state index in [-0.39, 0.29) is 5.92 Å². The minimum absolute atomic E-state index is 0.173. The number of rotatable bonds is 6. The summed E-state index contributed by atoms with van der Waals surface area (Å²) < 4.78 is 15.0. The molecule has 2 unspecified atom stereocenters. The third-order valence-electron chi connectivity index (χ3n) is 5.30. The highest BCUT2D eigenvalue weighted by atomic mass is 35.5. The van der Waals surface area contributed by atoms with Gasteiger partial charge in [0.15, 0.2) is 0 Å². The number of nitrogens with zero attached hydrogens (tertiary/aromatic N) is 3. The number of halogens is 2. The van der Waals surface area contributed by atoms with Gasteiger partial charge in [-0.05, 0) is 51.1 Å². The zero-order valence-corrected chi connectivity index (χ0v) is 16.9. The van der Waals surface area contributed by atoms with E-state index in [1.807, 2.05) is 17.0 Å². The smallest absolute Gasteiger partial charge is 0.250 e. The van der Waals surface area contributed by atoms with Gasteiger partial charge in [-0.3, -0.25) is 9.69 Å². The van der Waals surface area contributed by atoms with Crippen molar-refractivity contribution in [1.82, 2.24) is 9.88 Å².